The van der Waals surface area contributed by atoms with Crippen molar-refractivity contribution in [2.75, 3.05) is 0 Å². The van der Waals surface area contributed by atoms with Gasteiger partial charge in [-0.3, -0.25) is 0 Å². The van der Waals surface area contributed by atoms with Crippen LogP contribution in [-0.2, 0) is 12.0 Å². The largest absolute Gasteiger partial charge is 0.507 e. The number of hydrogen-bond donors (Lipinski definition) is 3. The first-order chi connectivity index (χ1) is 26.3. The number of carbonyl (C=O) groups is 1. The molecule has 6 aromatic rings. The average Bonchev–Trinajstić information content (AvgIpc) is 3.15. The van der Waals surface area contributed by atoms with E-state index in [1.54, 1.807) is 18.2 Å². The Morgan fingerprint density at radius 2 is 1.60 bits per heavy atom. The minimum Gasteiger partial charge on any atom is -0.507 e. The Labute approximate surface area is 322 Å². The molecule has 0 bridgehead atoms. The quantitative estimate of drug-likeness (QED) is 0.145. The van der Waals surface area contributed by atoms with Gasteiger partial charge in [0.2, 0.25) is 0 Å². The lowest BCUT2D eigenvalue weighted by Crippen LogP contribution is -2.28. The van der Waals surface area contributed by atoms with Crippen LogP contribution in [0.4, 0.5) is 0 Å². The van der Waals surface area contributed by atoms with Gasteiger partial charge in [0.25, 0.3) is 0 Å². The Morgan fingerprint density at radius 3 is 2.36 bits per heavy atom. The highest BCUT2D eigenvalue weighted by Gasteiger charge is 2.37. The summed E-state index contributed by atoms with van der Waals surface area (Å²) in [6.45, 7) is 11.8. The van der Waals surface area contributed by atoms with Crippen molar-refractivity contribution in [1.82, 2.24) is 0 Å². The molecule has 0 spiro atoms. The molecule has 0 amide bonds. The molecule has 8 rings (SSSR count). The number of allylic oxidation sites excluding steroid dienone is 4. The summed E-state index contributed by atoms with van der Waals surface area (Å²) in [5.74, 6) is -0.724. The number of aliphatic hydroxyl groups is 1. The number of aliphatic hydroxyl groups excluding tert-OH is 1. The van der Waals surface area contributed by atoms with Gasteiger partial charge in [0.1, 0.15) is 23.7 Å². The normalized spacial score (nSPS) is 16.3. The van der Waals surface area contributed by atoms with Crippen LogP contribution in [0.25, 0.3) is 44.3 Å². The summed E-state index contributed by atoms with van der Waals surface area (Å²) in [5, 5.41) is 35.8. The van der Waals surface area contributed by atoms with Crippen molar-refractivity contribution >= 4 is 39.2 Å². The molecule has 1 unspecified atom stereocenters. The SMILES string of the molecule is Cc1ccc(COc2cc(-c3ccc4ccccc4c3C(O)C=Cc3ccc(C(=O)O)c(O)c3)cc3ccc4c(c23)C(C)(C)CC2=C4C=CC(C)(C)C2)cc1. The number of fused-ring (bicyclic) bond motifs is 5. The fourth-order valence-corrected chi connectivity index (χ4v) is 8.66. The predicted octanol–water partition coefficient (Wildman–Crippen LogP) is 12.1. The number of ether oxygens (including phenoxy) is 1. The summed E-state index contributed by atoms with van der Waals surface area (Å²) in [7, 11) is 0. The van der Waals surface area contributed by atoms with Crippen molar-refractivity contribution in [3.63, 3.8) is 0 Å². The second-order valence-electron chi connectivity index (χ2n) is 16.5. The molecule has 0 aromatic heterocycles. The fraction of sp³-hybridized carbons (Fsp3) is 0.220. The van der Waals surface area contributed by atoms with E-state index in [2.05, 4.69) is 107 Å². The number of phenols is 1. The van der Waals surface area contributed by atoms with Crippen LogP contribution in [0.2, 0.25) is 0 Å². The molecule has 2 aliphatic rings. The Bertz CT molecular complexity index is 2600. The van der Waals surface area contributed by atoms with E-state index < -0.39 is 12.1 Å². The molecule has 1 atom stereocenters. The van der Waals surface area contributed by atoms with Gasteiger partial charge < -0.3 is 20.1 Å². The number of benzene rings is 6. The van der Waals surface area contributed by atoms with Crippen LogP contribution in [0, 0.1) is 12.3 Å². The van der Waals surface area contributed by atoms with Gasteiger partial charge in [-0.25, -0.2) is 4.79 Å². The molecule has 0 radical (unpaired) electrons. The highest BCUT2D eigenvalue weighted by Crippen LogP contribution is 2.53. The van der Waals surface area contributed by atoms with Crippen LogP contribution >= 0.6 is 0 Å². The van der Waals surface area contributed by atoms with E-state index in [4.69, 9.17) is 4.74 Å². The molecule has 0 heterocycles. The zero-order chi connectivity index (χ0) is 38.6. The van der Waals surface area contributed by atoms with Gasteiger partial charge in [0.05, 0.1) is 6.10 Å². The maximum absolute atomic E-state index is 12.0. The van der Waals surface area contributed by atoms with Gasteiger partial charge >= 0.3 is 5.97 Å². The minimum absolute atomic E-state index is 0.130. The monoisotopic (exact) mass is 726 g/mol. The Morgan fingerprint density at radius 1 is 0.855 bits per heavy atom. The van der Waals surface area contributed by atoms with Crippen LogP contribution in [0.15, 0.2) is 127 Å². The minimum atomic E-state index is -1.20. The molecule has 55 heavy (non-hydrogen) atoms. The van der Waals surface area contributed by atoms with E-state index in [-0.39, 0.29) is 22.1 Å². The first kappa shape index (κ1) is 36.1. The molecule has 2 aliphatic carbocycles. The van der Waals surface area contributed by atoms with Gasteiger partial charge in [-0.15, -0.1) is 0 Å². The predicted molar refractivity (Wildman–Crippen MR) is 224 cm³/mol. The lowest BCUT2D eigenvalue weighted by atomic mass is 9.64. The summed E-state index contributed by atoms with van der Waals surface area (Å²) in [4.78, 5) is 11.5. The third-order valence-corrected chi connectivity index (χ3v) is 11.3. The second kappa shape index (κ2) is 13.7. The number of hydrogen-bond acceptors (Lipinski definition) is 4. The molecule has 5 heteroatoms. The first-order valence-corrected chi connectivity index (χ1v) is 18.9. The van der Waals surface area contributed by atoms with Gasteiger partial charge in [-0.1, -0.05) is 142 Å². The van der Waals surface area contributed by atoms with E-state index in [9.17, 15) is 20.1 Å². The summed E-state index contributed by atoms with van der Waals surface area (Å²) in [6.07, 6.45) is 9.07. The summed E-state index contributed by atoms with van der Waals surface area (Å²) < 4.78 is 6.89. The zero-order valence-electron chi connectivity index (χ0n) is 32.0. The van der Waals surface area contributed by atoms with Gasteiger partial charge in [-0.05, 0) is 110 Å². The van der Waals surface area contributed by atoms with Gasteiger partial charge in [0, 0.05) is 10.9 Å². The zero-order valence-corrected chi connectivity index (χ0v) is 32.0. The first-order valence-electron chi connectivity index (χ1n) is 18.9. The van der Waals surface area contributed by atoms with Crippen LogP contribution in [0.5, 0.6) is 11.5 Å². The molecule has 6 aromatic carbocycles. The van der Waals surface area contributed by atoms with Crippen molar-refractivity contribution in [3.05, 3.63) is 166 Å². The van der Waals surface area contributed by atoms with Crippen LogP contribution in [0.1, 0.15) is 90.4 Å². The molecular weight excluding hydrogens is 681 g/mol. The molecular formula is C50H46O5. The molecule has 5 nitrogen and oxygen atoms in total. The van der Waals surface area contributed by atoms with E-state index >= 15 is 0 Å². The summed E-state index contributed by atoms with van der Waals surface area (Å²) >= 11 is 0. The van der Waals surface area contributed by atoms with E-state index in [0.717, 1.165) is 62.4 Å². The third-order valence-electron chi connectivity index (χ3n) is 11.3. The average molecular weight is 727 g/mol. The maximum Gasteiger partial charge on any atom is 0.339 e. The van der Waals surface area contributed by atoms with E-state index in [1.807, 2.05) is 24.3 Å². The molecule has 0 saturated carbocycles. The molecule has 0 fully saturated rings. The number of aromatic hydroxyl groups is 1. The molecule has 0 saturated heterocycles. The highest BCUT2D eigenvalue weighted by molar-refractivity contribution is 6.02. The Balaban J connectivity index is 1.30. The van der Waals surface area contributed by atoms with Crippen molar-refractivity contribution in [2.45, 2.75) is 65.6 Å². The maximum atomic E-state index is 12.0. The van der Waals surface area contributed by atoms with E-state index in [0.29, 0.717) is 12.2 Å². The number of carboxylic acid groups (broad SMARTS) is 1. The third kappa shape index (κ3) is 6.85. The summed E-state index contributed by atoms with van der Waals surface area (Å²) in [6, 6.07) is 33.9. The number of carboxylic acids is 1. The lowest BCUT2D eigenvalue weighted by molar-refractivity contribution is 0.0693. The van der Waals surface area contributed by atoms with Gasteiger partial charge in [0.15, 0.2) is 0 Å². The van der Waals surface area contributed by atoms with Crippen molar-refractivity contribution in [2.24, 2.45) is 5.41 Å². The van der Waals surface area contributed by atoms with Crippen LogP contribution in [0.3, 0.4) is 0 Å². The lowest BCUT2D eigenvalue weighted by Gasteiger charge is -2.40. The van der Waals surface area contributed by atoms with Crippen molar-refractivity contribution < 1.29 is 24.9 Å². The van der Waals surface area contributed by atoms with Crippen molar-refractivity contribution in [3.8, 4) is 22.6 Å². The molecule has 276 valence electrons. The number of rotatable bonds is 8. The smallest absolute Gasteiger partial charge is 0.339 e. The molecule has 0 aliphatic heterocycles. The van der Waals surface area contributed by atoms with E-state index in [1.165, 1.54) is 40.0 Å². The molecule has 3 N–H and O–H groups in total. The fourth-order valence-electron chi connectivity index (χ4n) is 8.66. The topological polar surface area (TPSA) is 87.0 Å². The number of aryl methyl sites for hydroxylation is 1. The van der Waals surface area contributed by atoms with Gasteiger partial charge in [-0.2, -0.15) is 0 Å². The standard InChI is InChI=1S/C50H46O5/c1-30-10-12-32(13-11-30)29-55-44-26-35(25-34-17-20-40-37-22-23-49(2,3)27-36(37)28-50(4,5)47(40)45(34)44)39-19-16-33-8-6-7-9-38(33)46(39)42(51)21-15-31-14-18-41(48(53)54)43(52)24-31/h6-26,42,51-52H,27-29H2,1-5H3,(H,53,54). The van der Waals surface area contributed by atoms with Crippen molar-refractivity contribution in [1.29, 1.82) is 0 Å². The van der Waals surface area contributed by atoms with Crippen LogP contribution < -0.4 is 4.74 Å². The second-order valence-corrected chi connectivity index (χ2v) is 16.5. The summed E-state index contributed by atoms with van der Waals surface area (Å²) in [5.41, 5.74) is 10.6. The van der Waals surface area contributed by atoms with Crippen LogP contribution in [-0.4, -0.2) is 21.3 Å². The number of aromatic carboxylic acids is 1. The Kier molecular flexibility index (Phi) is 9.02. The highest BCUT2D eigenvalue weighted by atomic mass is 16.5. The Hall–Kier alpha value is -5.91.